The van der Waals surface area contributed by atoms with Crippen molar-refractivity contribution in [1.29, 1.82) is 0 Å². The van der Waals surface area contributed by atoms with E-state index >= 15 is 0 Å². The fourth-order valence-corrected chi connectivity index (χ4v) is 2.29. The molecule has 2 fully saturated rings. The second-order valence-electron chi connectivity index (χ2n) is 4.46. The summed E-state index contributed by atoms with van der Waals surface area (Å²) in [7, 11) is 0. The molecule has 2 aliphatic rings. The van der Waals surface area contributed by atoms with Gasteiger partial charge in [-0.15, -0.1) is 0 Å². The van der Waals surface area contributed by atoms with Crippen LogP contribution in [0.5, 0.6) is 0 Å². The Balaban J connectivity index is 2.04. The number of hydrogen-bond acceptors (Lipinski definition) is 4. The standard InChI is InChI=1S/C11H15F2NO4/c1-2-17-10(16)11(12,13)9(15)14-5-7-3-4-8(6-14)18-7/h7-8H,2-6H2,1H3. The van der Waals surface area contributed by atoms with Crippen molar-refractivity contribution in [1.82, 2.24) is 4.90 Å². The molecule has 2 bridgehead atoms. The van der Waals surface area contributed by atoms with Crippen LogP contribution < -0.4 is 0 Å². The number of halogens is 2. The zero-order valence-electron chi connectivity index (χ0n) is 10.0. The number of carbonyl (C=O) groups excluding carboxylic acids is 2. The summed E-state index contributed by atoms with van der Waals surface area (Å²) < 4.78 is 36.8. The van der Waals surface area contributed by atoms with Gasteiger partial charge in [0.2, 0.25) is 0 Å². The Morgan fingerprint density at radius 3 is 2.39 bits per heavy atom. The first-order valence-corrected chi connectivity index (χ1v) is 5.95. The molecule has 0 radical (unpaired) electrons. The van der Waals surface area contributed by atoms with Gasteiger partial charge in [-0.3, -0.25) is 4.79 Å². The molecule has 2 atom stereocenters. The minimum atomic E-state index is -4.10. The summed E-state index contributed by atoms with van der Waals surface area (Å²) in [5.41, 5.74) is 0. The van der Waals surface area contributed by atoms with Gasteiger partial charge in [-0.25, -0.2) is 4.79 Å². The van der Waals surface area contributed by atoms with Gasteiger partial charge in [-0.05, 0) is 19.8 Å². The average Bonchev–Trinajstić information content (AvgIpc) is 2.67. The van der Waals surface area contributed by atoms with Crippen LogP contribution in [0.15, 0.2) is 0 Å². The lowest BCUT2D eigenvalue weighted by Crippen LogP contribution is -2.54. The van der Waals surface area contributed by atoms with Crippen molar-refractivity contribution in [3.05, 3.63) is 0 Å². The molecule has 102 valence electrons. The highest BCUT2D eigenvalue weighted by Gasteiger charge is 2.53. The molecule has 7 heteroatoms. The first-order valence-electron chi connectivity index (χ1n) is 5.95. The number of fused-ring (bicyclic) bond motifs is 2. The number of carbonyl (C=O) groups is 2. The Bertz CT molecular complexity index is 349. The summed E-state index contributed by atoms with van der Waals surface area (Å²) in [6, 6.07) is 0. The summed E-state index contributed by atoms with van der Waals surface area (Å²) >= 11 is 0. The van der Waals surface area contributed by atoms with Crippen LogP contribution in [-0.4, -0.2) is 54.6 Å². The predicted molar refractivity (Wildman–Crippen MR) is 56.1 cm³/mol. The van der Waals surface area contributed by atoms with Gasteiger partial charge in [0.15, 0.2) is 0 Å². The van der Waals surface area contributed by atoms with Crippen molar-refractivity contribution >= 4 is 11.9 Å². The van der Waals surface area contributed by atoms with E-state index in [1.54, 1.807) is 0 Å². The molecular weight excluding hydrogens is 248 g/mol. The third-order valence-corrected chi connectivity index (χ3v) is 3.13. The minimum Gasteiger partial charge on any atom is -0.461 e. The average molecular weight is 263 g/mol. The van der Waals surface area contributed by atoms with E-state index in [2.05, 4.69) is 4.74 Å². The highest BCUT2D eigenvalue weighted by Crippen LogP contribution is 2.29. The Labute approximate surface area is 103 Å². The highest BCUT2D eigenvalue weighted by atomic mass is 19.3. The normalized spacial score (nSPS) is 27.2. The van der Waals surface area contributed by atoms with Crippen LogP contribution in [0.25, 0.3) is 0 Å². The second-order valence-corrected chi connectivity index (χ2v) is 4.46. The Morgan fingerprint density at radius 1 is 1.33 bits per heavy atom. The number of likely N-dealkylation sites (tertiary alicyclic amines) is 1. The molecule has 0 aliphatic carbocycles. The van der Waals surface area contributed by atoms with Crippen molar-refractivity contribution in [2.24, 2.45) is 0 Å². The molecule has 18 heavy (non-hydrogen) atoms. The smallest absolute Gasteiger partial charge is 0.419 e. The van der Waals surface area contributed by atoms with Crippen molar-refractivity contribution in [2.75, 3.05) is 19.7 Å². The number of nitrogens with zero attached hydrogens (tertiary/aromatic N) is 1. The molecule has 1 amide bonds. The molecule has 5 nitrogen and oxygen atoms in total. The van der Waals surface area contributed by atoms with Gasteiger partial charge >= 0.3 is 17.8 Å². The predicted octanol–water partition coefficient (Wildman–Crippen LogP) is 0.575. The molecule has 2 rings (SSSR count). The second kappa shape index (κ2) is 4.79. The van der Waals surface area contributed by atoms with Gasteiger partial charge < -0.3 is 14.4 Å². The molecule has 0 aromatic rings. The molecule has 2 aliphatic heterocycles. The van der Waals surface area contributed by atoms with Gasteiger partial charge in [-0.1, -0.05) is 0 Å². The van der Waals surface area contributed by atoms with Crippen molar-refractivity contribution in [3.63, 3.8) is 0 Å². The molecule has 0 N–H and O–H groups in total. The van der Waals surface area contributed by atoms with Gasteiger partial charge in [0.25, 0.3) is 0 Å². The van der Waals surface area contributed by atoms with E-state index in [0.717, 1.165) is 17.7 Å². The number of amides is 1. The fraction of sp³-hybridized carbons (Fsp3) is 0.818. The fourth-order valence-electron chi connectivity index (χ4n) is 2.29. The Kier molecular flexibility index (Phi) is 3.52. The van der Waals surface area contributed by atoms with E-state index in [-0.39, 0.29) is 31.9 Å². The summed E-state index contributed by atoms with van der Waals surface area (Å²) in [5, 5.41) is 0. The topological polar surface area (TPSA) is 55.8 Å². The maximum atomic E-state index is 13.6. The summed E-state index contributed by atoms with van der Waals surface area (Å²) in [5.74, 6) is -7.37. The number of rotatable bonds is 3. The van der Waals surface area contributed by atoms with Crippen LogP contribution >= 0.6 is 0 Å². The number of ether oxygens (including phenoxy) is 2. The van der Waals surface area contributed by atoms with Gasteiger partial charge in [0.05, 0.1) is 18.8 Å². The van der Waals surface area contributed by atoms with E-state index in [0.29, 0.717) is 0 Å². The largest absolute Gasteiger partial charge is 0.461 e. The summed E-state index contributed by atoms with van der Waals surface area (Å²) in [6.07, 6.45) is 1.15. The van der Waals surface area contributed by atoms with Gasteiger partial charge in [0.1, 0.15) is 0 Å². The maximum absolute atomic E-state index is 13.6. The lowest BCUT2D eigenvalue weighted by atomic mass is 10.2. The summed E-state index contributed by atoms with van der Waals surface area (Å²) in [4.78, 5) is 23.8. The third kappa shape index (κ3) is 2.31. The van der Waals surface area contributed by atoms with Crippen LogP contribution in [0.3, 0.4) is 0 Å². The summed E-state index contributed by atoms with van der Waals surface area (Å²) in [6.45, 7) is 1.46. The van der Waals surface area contributed by atoms with Crippen molar-refractivity contribution in [3.8, 4) is 0 Å². The monoisotopic (exact) mass is 263 g/mol. The molecule has 0 aromatic heterocycles. The minimum absolute atomic E-state index is 0.115. The maximum Gasteiger partial charge on any atom is 0.419 e. The van der Waals surface area contributed by atoms with Gasteiger partial charge in [-0.2, -0.15) is 8.78 Å². The van der Waals surface area contributed by atoms with E-state index in [4.69, 9.17) is 4.74 Å². The number of hydrogen-bond donors (Lipinski definition) is 0. The van der Waals surface area contributed by atoms with E-state index in [9.17, 15) is 18.4 Å². The molecular formula is C11H15F2NO4. The molecule has 0 spiro atoms. The lowest BCUT2D eigenvalue weighted by Gasteiger charge is -2.33. The van der Waals surface area contributed by atoms with E-state index in [1.807, 2.05) is 0 Å². The molecule has 2 unspecified atom stereocenters. The zero-order valence-corrected chi connectivity index (χ0v) is 10.0. The zero-order chi connectivity index (χ0) is 13.3. The molecule has 0 saturated carbocycles. The SMILES string of the molecule is CCOC(=O)C(F)(F)C(=O)N1CC2CCC(C1)O2. The number of morpholine rings is 1. The third-order valence-electron chi connectivity index (χ3n) is 3.13. The molecule has 2 saturated heterocycles. The van der Waals surface area contributed by atoms with Gasteiger partial charge in [0, 0.05) is 13.1 Å². The van der Waals surface area contributed by atoms with Crippen LogP contribution in [0.2, 0.25) is 0 Å². The highest BCUT2D eigenvalue weighted by molar-refractivity contribution is 6.04. The van der Waals surface area contributed by atoms with E-state index in [1.165, 1.54) is 6.92 Å². The van der Waals surface area contributed by atoms with Crippen molar-refractivity contribution < 1.29 is 27.8 Å². The van der Waals surface area contributed by atoms with Crippen LogP contribution in [0.4, 0.5) is 8.78 Å². The van der Waals surface area contributed by atoms with Crippen LogP contribution in [0.1, 0.15) is 19.8 Å². The number of alkyl halides is 2. The van der Waals surface area contributed by atoms with Crippen molar-refractivity contribution in [2.45, 2.75) is 37.9 Å². The molecule has 2 heterocycles. The Morgan fingerprint density at radius 2 is 1.89 bits per heavy atom. The van der Waals surface area contributed by atoms with E-state index < -0.39 is 17.8 Å². The molecule has 0 aromatic carbocycles. The quantitative estimate of drug-likeness (QED) is 0.552. The first kappa shape index (κ1) is 13.2. The Hall–Kier alpha value is -1.24. The lowest BCUT2D eigenvalue weighted by molar-refractivity contribution is -0.186. The number of esters is 1. The van der Waals surface area contributed by atoms with Crippen LogP contribution in [-0.2, 0) is 19.1 Å². The van der Waals surface area contributed by atoms with Crippen LogP contribution in [0, 0.1) is 0 Å². The first-order chi connectivity index (χ1) is 8.45.